The molecule has 0 fully saturated rings. The van der Waals surface area contributed by atoms with Crippen molar-refractivity contribution in [2.45, 2.75) is 0 Å². The Morgan fingerprint density at radius 3 is 2.62 bits per heavy atom. The Hall–Kier alpha value is -2.17. The molecule has 1 aromatic heterocycles. The van der Waals surface area contributed by atoms with Crippen LogP contribution < -0.4 is 20.8 Å². The number of benzene rings is 1. The fourth-order valence-electron chi connectivity index (χ4n) is 1.51. The summed E-state index contributed by atoms with van der Waals surface area (Å²) in [6, 6.07) is 5.08. The van der Waals surface area contributed by atoms with Crippen LogP contribution in [0.2, 0.25) is 0 Å². The van der Waals surface area contributed by atoms with Gasteiger partial charge in [0.25, 0.3) is 0 Å². The molecular formula is C11H11NO4. The van der Waals surface area contributed by atoms with Crippen molar-refractivity contribution in [1.82, 2.24) is 0 Å². The second-order valence-electron chi connectivity index (χ2n) is 3.20. The van der Waals surface area contributed by atoms with E-state index in [1.54, 1.807) is 18.2 Å². The molecular weight excluding hydrogens is 210 g/mol. The number of anilines is 1. The Bertz CT molecular complexity index is 588. The van der Waals surface area contributed by atoms with Crippen LogP contribution in [0.3, 0.4) is 0 Å². The molecule has 0 atom stereocenters. The molecule has 16 heavy (non-hydrogen) atoms. The number of ether oxygens (including phenoxy) is 2. The van der Waals surface area contributed by atoms with Crippen molar-refractivity contribution in [3.8, 4) is 11.5 Å². The van der Waals surface area contributed by atoms with Gasteiger partial charge in [-0.15, -0.1) is 0 Å². The first kappa shape index (κ1) is 10.4. The fourth-order valence-corrected chi connectivity index (χ4v) is 1.51. The molecule has 5 heteroatoms. The predicted molar refractivity (Wildman–Crippen MR) is 60.0 cm³/mol. The maximum atomic E-state index is 11.4. The van der Waals surface area contributed by atoms with Crippen LogP contribution in [0, 0.1) is 0 Å². The average Bonchev–Trinajstić information content (AvgIpc) is 2.30. The minimum atomic E-state index is -0.613. The van der Waals surface area contributed by atoms with Gasteiger partial charge in [-0.25, -0.2) is 4.79 Å². The zero-order chi connectivity index (χ0) is 11.7. The third-order valence-corrected chi connectivity index (χ3v) is 2.30. The number of hydrogen-bond donors (Lipinski definition) is 1. The molecule has 1 aromatic carbocycles. The number of nitrogen functional groups attached to an aromatic ring is 1. The second-order valence-corrected chi connectivity index (χ2v) is 3.20. The van der Waals surface area contributed by atoms with Gasteiger partial charge in [-0.3, -0.25) is 0 Å². The standard InChI is InChI=1S/C11H11NO4/c1-14-6-3-4-7-8(5-6)16-11(13)9(12)10(7)15-2/h3-5H,12H2,1-2H3. The van der Waals surface area contributed by atoms with Crippen molar-refractivity contribution in [2.24, 2.45) is 0 Å². The van der Waals surface area contributed by atoms with Gasteiger partial charge in [0, 0.05) is 6.07 Å². The van der Waals surface area contributed by atoms with Crippen molar-refractivity contribution in [2.75, 3.05) is 20.0 Å². The Kier molecular flexibility index (Phi) is 2.44. The summed E-state index contributed by atoms with van der Waals surface area (Å²) in [6.07, 6.45) is 0. The van der Waals surface area contributed by atoms with Crippen molar-refractivity contribution in [3.63, 3.8) is 0 Å². The Morgan fingerprint density at radius 1 is 1.25 bits per heavy atom. The lowest BCUT2D eigenvalue weighted by molar-refractivity contribution is 0.410. The maximum absolute atomic E-state index is 11.4. The number of hydrogen-bond acceptors (Lipinski definition) is 5. The van der Waals surface area contributed by atoms with Gasteiger partial charge in [-0.1, -0.05) is 0 Å². The number of methoxy groups -OCH3 is 2. The lowest BCUT2D eigenvalue weighted by Crippen LogP contribution is -2.08. The van der Waals surface area contributed by atoms with Crippen LogP contribution >= 0.6 is 0 Å². The van der Waals surface area contributed by atoms with Gasteiger partial charge in [0.15, 0.2) is 11.4 Å². The predicted octanol–water partition coefficient (Wildman–Crippen LogP) is 1.39. The van der Waals surface area contributed by atoms with Gasteiger partial charge in [0.2, 0.25) is 0 Å². The van der Waals surface area contributed by atoms with E-state index >= 15 is 0 Å². The van der Waals surface area contributed by atoms with E-state index in [0.717, 1.165) is 0 Å². The van der Waals surface area contributed by atoms with E-state index in [2.05, 4.69) is 0 Å². The van der Waals surface area contributed by atoms with Crippen molar-refractivity contribution in [3.05, 3.63) is 28.6 Å². The smallest absolute Gasteiger partial charge is 0.363 e. The first-order valence-electron chi connectivity index (χ1n) is 4.61. The lowest BCUT2D eigenvalue weighted by atomic mass is 10.2. The highest BCUT2D eigenvalue weighted by Gasteiger charge is 2.12. The molecule has 0 radical (unpaired) electrons. The van der Waals surface area contributed by atoms with Crippen LogP contribution in [0.4, 0.5) is 5.69 Å². The minimum absolute atomic E-state index is 0.0276. The highest BCUT2D eigenvalue weighted by Crippen LogP contribution is 2.30. The van der Waals surface area contributed by atoms with Crippen LogP contribution in [0.25, 0.3) is 11.0 Å². The highest BCUT2D eigenvalue weighted by atomic mass is 16.5. The van der Waals surface area contributed by atoms with Gasteiger partial charge in [-0.05, 0) is 12.1 Å². The fraction of sp³-hybridized carbons (Fsp3) is 0.182. The summed E-state index contributed by atoms with van der Waals surface area (Å²) in [5, 5.41) is 0.639. The monoisotopic (exact) mass is 221 g/mol. The molecule has 1 heterocycles. The number of nitrogens with two attached hydrogens (primary N) is 1. The molecule has 84 valence electrons. The van der Waals surface area contributed by atoms with E-state index in [9.17, 15) is 4.79 Å². The largest absolute Gasteiger partial charge is 0.497 e. The molecule has 0 saturated heterocycles. The molecule has 0 aliphatic heterocycles. The van der Waals surface area contributed by atoms with Gasteiger partial charge >= 0.3 is 5.63 Å². The summed E-state index contributed by atoms with van der Waals surface area (Å²) >= 11 is 0. The van der Waals surface area contributed by atoms with Crippen LogP contribution in [0.5, 0.6) is 11.5 Å². The highest BCUT2D eigenvalue weighted by molar-refractivity contribution is 5.88. The van der Waals surface area contributed by atoms with Crippen molar-refractivity contribution >= 4 is 16.7 Å². The molecule has 2 rings (SSSR count). The third-order valence-electron chi connectivity index (χ3n) is 2.30. The summed E-state index contributed by atoms with van der Waals surface area (Å²) < 4.78 is 15.2. The molecule has 0 saturated carbocycles. The average molecular weight is 221 g/mol. The normalized spacial score (nSPS) is 10.4. The Balaban J connectivity index is 2.85. The van der Waals surface area contributed by atoms with Crippen LogP contribution in [0.15, 0.2) is 27.4 Å². The summed E-state index contributed by atoms with van der Waals surface area (Å²) in [4.78, 5) is 11.4. The summed E-state index contributed by atoms with van der Waals surface area (Å²) in [6.45, 7) is 0. The summed E-state index contributed by atoms with van der Waals surface area (Å²) in [5.74, 6) is 0.927. The SMILES string of the molecule is COc1ccc2c(OC)c(N)c(=O)oc2c1. The molecule has 0 spiro atoms. The first-order chi connectivity index (χ1) is 7.67. The van der Waals surface area contributed by atoms with E-state index in [-0.39, 0.29) is 5.69 Å². The van der Waals surface area contributed by atoms with Crippen molar-refractivity contribution in [1.29, 1.82) is 0 Å². The zero-order valence-corrected chi connectivity index (χ0v) is 8.94. The maximum Gasteiger partial charge on any atom is 0.363 e. The number of rotatable bonds is 2. The van der Waals surface area contributed by atoms with Gasteiger partial charge in [0.05, 0.1) is 19.6 Å². The Morgan fingerprint density at radius 2 is 2.00 bits per heavy atom. The molecule has 2 aromatic rings. The van der Waals surface area contributed by atoms with Crippen LogP contribution in [-0.4, -0.2) is 14.2 Å². The molecule has 0 aliphatic carbocycles. The summed E-state index contributed by atoms with van der Waals surface area (Å²) in [7, 11) is 2.99. The van der Waals surface area contributed by atoms with Crippen molar-refractivity contribution < 1.29 is 13.9 Å². The zero-order valence-electron chi connectivity index (χ0n) is 8.94. The first-order valence-corrected chi connectivity index (χ1v) is 4.61. The van der Waals surface area contributed by atoms with E-state index in [1.165, 1.54) is 14.2 Å². The van der Waals surface area contributed by atoms with Gasteiger partial charge in [-0.2, -0.15) is 0 Å². The van der Waals surface area contributed by atoms with E-state index in [0.29, 0.717) is 22.5 Å². The molecule has 0 amide bonds. The molecule has 0 aliphatic rings. The quantitative estimate of drug-likeness (QED) is 0.775. The van der Waals surface area contributed by atoms with E-state index in [4.69, 9.17) is 19.6 Å². The third kappa shape index (κ3) is 1.46. The topological polar surface area (TPSA) is 74.7 Å². The molecule has 5 nitrogen and oxygen atoms in total. The molecule has 0 bridgehead atoms. The lowest BCUT2D eigenvalue weighted by Gasteiger charge is -2.07. The Labute approximate surface area is 91.4 Å². The molecule has 0 unspecified atom stereocenters. The summed E-state index contributed by atoms with van der Waals surface area (Å²) in [5.41, 5.74) is 5.31. The van der Waals surface area contributed by atoms with Gasteiger partial charge in [0.1, 0.15) is 11.3 Å². The number of fused-ring (bicyclic) bond motifs is 1. The van der Waals surface area contributed by atoms with E-state index < -0.39 is 5.63 Å². The van der Waals surface area contributed by atoms with Gasteiger partial charge < -0.3 is 19.6 Å². The second kappa shape index (κ2) is 3.77. The van der Waals surface area contributed by atoms with Crippen LogP contribution in [0.1, 0.15) is 0 Å². The van der Waals surface area contributed by atoms with Crippen LogP contribution in [-0.2, 0) is 0 Å². The minimum Gasteiger partial charge on any atom is -0.497 e. The molecule has 2 N–H and O–H groups in total. The van der Waals surface area contributed by atoms with E-state index in [1.807, 2.05) is 0 Å².